The maximum absolute atomic E-state index is 12.2. The van der Waals surface area contributed by atoms with Gasteiger partial charge in [0.05, 0.1) is 0 Å². The molecular weight excluding hydrogens is 344 g/mol. The fourth-order valence-electron chi connectivity index (χ4n) is 3.35. The third-order valence-corrected chi connectivity index (χ3v) is 5.23. The van der Waals surface area contributed by atoms with Gasteiger partial charge in [0.15, 0.2) is 0 Å². The highest BCUT2D eigenvalue weighted by atomic mass is 79.9. The molecule has 5 nitrogen and oxygen atoms in total. The Morgan fingerprint density at radius 3 is 2.68 bits per heavy atom. The van der Waals surface area contributed by atoms with Crippen molar-refractivity contribution in [2.24, 2.45) is 28.3 Å². The fourth-order valence-corrected chi connectivity index (χ4v) is 3.79. The maximum Gasteiger partial charge on any atom is 0.252 e. The molecule has 5 N–H and O–H groups in total. The number of amides is 1. The van der Waals surface area contributed by atoms with Crippen LogP contribution in [-0.2, 0) is 4.79 Å². The summed E-state index contributed by atoms with van der Waals surface area (Å²) in [5, 5.41) is 2.95. The van der Waals surface area contributed by atoms with Crippen LogP contribution in [0.4, 0.5) is 0 Å². The highest BCUT2D eigenvalue weighted by molar-refractivity contribution is 9.11. The number of hydrogen-bond acceptors (Lipinski definition) is 4. The summed E-state index contributed by atoms with van der Waals surface area (Å²) in [6, 6.07) is 0. The number of nitrogens with one attached hydrogen (secondary N) is 1. The molecule has 3 aliphatic rings. The summed E-state index contributed by atoms with van der Waals surface area (Å²) in [6.07, 6.45) is 7.06. The van der Waals surface area contributed by atoms with Gasteiger partial charge < -0.3 is 16.8 Å². The first kappa shape index (κ1) is 15.6. The quantitative estimate of drug-likeness (QED) is 0.711. The van der Waals surface area contributed by atoms with Gasteiger partial charge in [-0.15, -0.1) is 0 Å². The number of aliphatic imine (C=N–C) groups is 1. The number of nitrogens with zero attached hydrogens (tertiary/aromatic N) is 1. The lowest BCUT2D eigenvalue weighted by molar-refractivity contribution is -0.116. The van der Waals surface area contributed by atoms with Crippen molar-refractivity contribution in [3.8, 4) is 0 Å². The molecule has 0 aromatic heterocycles. The lowest BCUT2D eigenvalue weighted by Gasteiger charge is -2.30. The van der Waals surface area contributed by atoms with Crippen molar-refractivity contribution in [1.82, 2.24) is 5.32 Å². The molecule has 0 spiro atoms. The van der Waals surface area contributed by atoms with E-state index in [2.05, 4.69) is 26.2 Å². The summed E-state index contributed by atoms with van der Waals surface area (Å²) in [4.78, 5) is 16.8. The maximum atomic E-state index is 12.2. The van der Waals surface area contributed by atoms with E-state index in [1.165, 1.54) is 5.57 Å². The zero-order valence-electron chi connectivity index (χ0n) is 12.4. The minimum absolute atomic E-state index is 0.0601. The van der Waals surface area contributed by atoms with Gasteiger partial charge in [0.2, 0.25) is 0 Å². The van der Waals surface area contributed by atoms with E-state index in [1.807, 2.05) is 12.2 Å². The molecular formula is C16H21BrN4O. The molecule has 2 aliphatic carbocycles. The summed E-state index contributed by atoms with van der Waals surface area (Å²) < 4.78 is 0.958. The Balaban J connectivity index is 1.63. The van der Waals surface area contributed by atoms with Gasteiger partial charge >= 0.3 is 0 Å². The lowest BCUT2D eigenvalue weighted by Crippen LogP contribution is -2.32. The molecule has 0 aromatic rings. The number of carbonyl (C=O) groups is 1. The average Bonchev–Trinajstić information content (AvgIpc) is 3.10. The van der Waals surface area contributed by atoms with Gasteiger partial charge in [0, 0.05) is 22.2 Å². The molecule has 2 atom stereocenters. The van der Waals surface area contributed by atoms with Crippen LogP contribution in [0, 0.1) is 11.8 Å². The Labute approximate surface area is 138 Å². The Morgan fingerprint density at radius 2 is 2.05 bits per heavy atom. The number of amidine groups is 1. The predicted molar refractivity (Wildman–Crippen MR) is 91.3 cm³/mol. The smallest absolute Gasteiger partial charge is 0.252 e. The molecule has 6 heteroatoms. The van der Waals surface area contributed by atoms with E-state index in [0.29, 0.717) is 31.3 Å². The van der Waals surface area contributed by atoms with Crippen LogP contribution in [0.25, 0.3) is 0 Å². The zero-order valence-corrected chi connectivity index (χ0v) is 14.0. The number of carbonyl (C=O) groups excluding carboxylic acids is 1. The number of hydrogen-bond donors (Lipinski definition) is 3. The molecule has 1 aliphatic heterocycles. The van der Waals surface area contributed by atoms with E-state index in [1.54, 1.807) is 0 Å². The number of rotatable bonds is 3. The topological polar surface area (TPSA) is 93.5 Å². The number of nitrogens with two attached hydrogens (primary N) is 2. The van der Waals surface area contributed by atoms with E-state index in [4.69, 9.17) is 11.5 Å². The molecule has 0 saturated heterocycles. The van der Waals surface area contributed by atoms with Crippen LogP contribution in [0.5, 0.6) is 0 Å². The minimum Gasteiger partial charge on any atom is -0.330 e. The fraction of sp³-hybridized carbons (Fsp3) is 0.500. The van der Waals surface area contributed by atoms with Crippen LogP contribution in [0.15, 0.2) is 38.5 Å². The molecule has 0 unspecified atom stereocenters. The largest absolute Gasteiger partial charge is 0.330 e. The van der Waals surface area contributed by atoms with Gasteiger partial charge in [0.1, 0.15) is 5.84 Å². The molecule has 1 heterocycles. The third kappa shape index (κ3) is 3.09. The minimum atomic E-state index is -0.0601. The van der Waals surface area contributed by atoms with E-state index in [9.17, 15) is 4.79 Å². The molecule has 0 bridgehead atoms. The number of allylic oxidation sites excluding steroid dienone is 4. The second-order valence-corrected chi connectivity index (χ2v) is 7.02. The molecule has 0 aromatic carbocycles. The van der Waals surface area contributed by atoms with Crippen molar-refractivity contribution in [2.45, 2.75) is 25.7 Å². The third-order valence-electron chi connectivity index (χ3n) is 4.67. The molecule has 3 rings (SSSR count). The lowest BCUT2D eigenvalue weighted by atomic mass is 9.78. The summed E-state index contributed by atoms with van der Waals surface area (Å²) in [6.45, 7) is 1.30. The van der Waals surface area contributed by atoms with Crippen molar-refractivity contribution < 1.29 is 4.79 Å². The molecule has 0 fully saturated rings. The number of halogens is 1. The van der Waals surface area contributed by atoms with Crippen LogP contribution in [0.1, 0.15) is 25.7 Å². The Bertz CT molecular complexity index is 618. The van der Waals surface area contributed by atoms with E-state index in [-0.39, 0.29) is 5.91 Å². The normalized spacial score (nSPS) is 27.3. The summed E-state index contributed by atoms with van der Waals surface area (Å²) in [7, 11) is 0. The van der Waals surface area contributed by atoms with Crippen LogP contribution >= 0.6 is 15.9 Å². The Kier molecular flexibility index (Phi) is 4.61. The molecule has 0 saturated carbocycles. The second kappa shape index (κ2) is 6.48. The first-order chi connectivity index (χ1) is 10.6. The summed E-state index contributed by atoms with van der Waals surface area (Å²) >= 11 is 3.38. The monoisotopic (exact) mass is 364 g/mol. The van der Waals surface area contributed by atoms with Gasteiger partial charge in [-0.3, -0.25) is 4.79 Å². The van der Waals surface area contributed by atoms with Gasteiger partial charge in [-0.25, -0.2) is 4.99 Å². The summed E-state index contributed by atoms with van der Waals surface area (Å²) in [5.74, 6) is 1.54. The van der Waals surface area contributed by atoms with Crippen molar-refractivity contribution in [2.75, 3.05) is 13.1 Å². The first-order valence-corrected chi connectivity index (χ1v) is 8.46. The standard InChI is InChI=1S/C16H21BrN4O/c17-13-2-1-9(4-13)16(22)21-15-6-10-3-11(7-18)12(8-19)5-14(10)20-15/h2,4,11-12H,1,3,5-8,18-19H2,(H,20,21,22)/t11-,12-/m1/s1. The van der Waals surface area contributed by atoms with Crippen molar-refractivity contribution in [3.63, 3.8) is 0 Å². The van der Waals surface area contributed by atoms with Crippen molar-refractivity contribution in [3.05, 3.63) is 33.5 Å². The van der Waals surface area contributed by atoms with Crippen molar-refractivity contribution >= 4 is 27.7 Å². The Hall–Kier alpha value is -1.24. The van der Waals surface area contributed by atoms with Gasteiger partial charge in [-0.2, -0.15) is 0 Å². The van der Waals surface area contributed by atoms with Crippen LogP contribution in [0.2, 0.25) is 0 Å². The van der Waals surface area contributed by atoms with E-state index < -0.39 is 0 Å². The van der Waals surface area contributed by atoms with Gasteiger partial charge in [-0.1, -0.05) is 22.0 Å². The molecule has 1 amide bonds. The highest BCUT2D eigenvalue weighted by Crippen LogP contribution is 2.38. The highest BCUT2D eigenvalue weighted by Gasteiger charge is 2.32. The second-order valence-electron chi connectivity index (χ2n) is 6.10. The van der Waals surface area contributed by atoms with Gasteiger partial charge in [-0.05, 0) is 55.8 Å². The predicted octanol–water partition coefficient (Wildman–Crippen LogP) is 1.71. The van der Waals surface area contributed by atoms with Crippen LogP contribution < -0.4 is 16.8 Å². The average molecular weight is 365 g/mol. The van der Waals surface area contributed by atoms with Crippen LogP contribution in [-0.4, -0.2) is 24.8 Å². The molecule has 118 valence electrons. The van der Waals surface area contributed by atoms with E-state index in [0.717, 1.165) is 40.9 Å². The molecule has 22 heavy (non-hydrogen) atoms. The SMILES string of the molecule is NC[C@H]1CC2=C(C[C@@H]1CN)N=C(NC(=O)C1=CC(Br)=CC1)C2. The van der Waals surface area contributed by atoms with Gasteiger partial charge in [0.25, 0.3) is 5.91 Å². The van der Waals surface area contributed by atoms with Crippen LogP contribution in [0.3, 0.4) is 0 Å². The Morgan fingerprint density at radius 1 is 1.32 bits per heavy atom. The zero-order chi connectivity index (χ0) is 15.7. The van der Waals surface area contributed by atoms with E-state index >= 15 is 0 Å². The summed E-state index contributed by atoms with van der Waals surface area (Å²) in [5.41, 5.74) is 14.9. The molecule has 0 radical (unpaired) electrons. The van der Waals surface area contributed by atoms with Crippen molar-refractivity contribution in [1.29, 1.82) is 0 Å². The first-order valence-electron chi connectivity index (χ1n) is 7.67.